The molecule has 0 aliphatic heterocycles. The third kappa shape index (κ3) is 4.54. The van der Waals surface area contributed by atoms with Crippen molar-refractivity contribution in [3.8, 4) is 5.75 Å². The van der Waals surface area contributed by atoms with Gasteiger partial charge in [-0.3, -0.25) is 4.79 Å². The first-order valence-corrected chi connectivity index (χ1v) is 9.18. The Balaban J connectivity index is 2.07. The predicted molar refractivity (Wildman–Crippen MR) is 101 cm³/mol. The first kappa shape index (κ1) is 18.4. The summed E-state index contributed by atoms with van der Waals surface area (Å²) in [6, 6.07) is 12.3. The summed E-state index contributed by atoms with van der Waals surface area (Å²) in [5.41, 5.74) is 4.51. The van der Waals surface area contributed by atoms with E-state index in [1.54, 1.807) is 23.8 Å². The number of amides is 1. The Hall–Kier alpha value is -1.94. The van der Waals surface area contributed by atoms with Crippen molar-refractivity contribution >= 4 is 17.7 Å². The topological polar surface area (TPSA) is 29.5 Å². The Kier molecular flexibility index (Phi) is 6.32. The van der Waals surface area contributed by atoms with Crippen molar-refractivity contribution in [1.82, 2.24) is 4.90 Å². The first-order chi connectivity index (χ1) is 11.4. The molecule has 0 aromatic heterocycles. The van der Waals surface area contributed by atoms with Gasteiger partial charge in [0, 0.05) is 18.5 Å². The molecule has 0 radical (unpaired) electrons. The zero-order valence-corrected chi connectivity index (χ0v) is 15.9. The summed E-state index contributed by atoms with van der Waals surface area (Å²) in [5.74, 6) is 0.979. The van der Waals surface area contributed by atoms with Crippen LogP contribution in [0.2, 0.25) is 0 Å². The number of ether oxygens (including phenoxy) is 1. The molecule has 0 fully saturated rings. The number of nitrogens with zero attached hydrogens (tertiary/aromatic N) is 1. The van der Waals surface area contributed by atoms with Gasteiger partial charge in [-0.2, -0.15) is 0 Å². The highest BCUT2D eigenvalue weighted by molar-refractivity contribution is 7.98. The Morgan fingerprint density at radius 3 is 2.58 bits per heavy atom. The van der Waals surface area contributed by atoms with Gasteiger partial charge in [0.15, 0.2) is 0 Å². The third-order valence-corrected chi connectivity index (χ3v) is 4.92. The van der Waals surface area contributed by atoms with Crippen LogP contribution < -0.4 is 4.74 Å². The maximum Gasteiger partial charge on any atom is 0.227 e. The number of methoxy groups -OCH3 is 1. The van der Waals surface area contributed by atoms with Crippen LogP contribution >= 0.6 is 11.8 Å². The van der Waals surface area contributed by atoms with Gasteiger partial charge in [-0.05, 0) is 48.9 Å². The quantitative estimate of drug-likeness (QED) is 0.735. The lowest BCUT2D eigenvalue weighted by atomic mass is 10.0. The van der Waals surface area contributed by atoms with Crippen LogP contribution in [0, 0.1) is 13.8 Å². The maximum atomic E-state index is 12.5. The fourth-order valence-electron chi connectivity index (χ4n) is 2.63. The highest BCUT2D eigenvalue weighted by Gasteiger charge is 2.13. The van der Waals surface area contributed by atoms with Crippen LogP contribution in [0.15, 0.2) is 41.3 Å². The molecule has 24 heavy (non-hydrogen) atoms. The fraction of sp³-hybridized carbons (Fsp3) is 0.350. The molecule has 0 aliphatic rings. The normalized spacial score (nSPS) is 10.5. The molecule has 0 saturated heterocycles. The minimum atomic E-state index is 0.122. The standard InChI is InChI=1S/C20H25NO2S/c1-14-6-7-15(2)17(10-14)12-20(22)21(3)13-16-8-9-19(24-5)18(11-16)23-4/h6-11H,12-13H2,1-5H3. The lowest BCUT2D eigenvalue weighted by molar-refractivity contribution is -0.129. The Labute approximate surface area is 149 Å². The van der Waals surface area contributed by atoms with Crippen LogP contribution in [0.1, 0.15) is 22.3 Å². The molecule has 2 aromatic carbocycles. The molecule has 0 aliphatic carbocycles. The molecule has 2 aromatic rings. The van der Waals surface area contributed by atoms with E-state index >= 15 is 0 Å². The number of likely N-dealkylation sites (N-methyl/N-ethyl adjacent to an activating group) is 1. The van der Waals surface area contributed by atoms with E-state index in [4.69, 9.17) is 4.74 Å². The molecule has 3 nitrogen and oxygen atoms in total. The number of rotatable bonds is 6. The van der Waals surface area contributed by atoms with Gasteiger partial charge in [0.1, 0.15) is 5.75 Å². The molecule has 2 rings (SSSR count). The average molecular weight is 343 g/mol. The molecule has 1 amide bonds. The van der Waals surface area contributed by atoms with E-state index in [1.165, 1.54) is 5.56 Å². The van der Waals surface area contributed by atoms with Crippen molar-refractivity contribution in [3.05, 3.63) is 58.7 Å². The van der Waals surface area contributed by atoms with E-state index in [1.807, 2.05) is 32.4 Å². The zero-order valence-electron chi connectivity index (χ0n) is 15.1. The molecule has 0 saturated carbocycles. The Morgan fingerprint density at radius 2 is 1.92 bits per heavy atom. The zero-order chi connectivity index (χ0) is 17.7. The Bertz CT molecular complexity index is 728. The number of hydrogen-bond acceptors (Lipinski definition) is 3. The second-order valence-electron chi connectivity index (χ2n) is 6.05. The fourth-order valence-corrected chi connectivity index (χ4v) is 3.18. The summed E-state index contributed by atoms with van der Waals surface area (Å²) in [6.45, 7) is 4.68. The SMILES string of the molecule is COc1cc(CN(C)C(=O)Cc2cc(C)ccc2C)ccc1SC. The van der Waals surface area contributed by atoms with Crippen molar-refractivity contribution < 1.29 is 9.53 Å². The van der Waals surface area contributed by atoms with E-state index in [0.29, 0.717) is 13.0 Å². The monoisotopic (exact) mass is 343 g/mol. The minimum Gasteiger partial charge on any atom is -0.496 e. The predicted octanol–water partition coefficient (Wildman–Crippen LogP) is 4.24. The Morgan fingerprint density at radius 1 is 1.17 bits per heavy atom. The molecule has 4 heteroatoms. The maximum absolute atomic E-state index is 12.5. The molecular weight excluding hydrogens is 318 g/mol. The minimum absolute atomic E-state index is 0.122. The van der Waals surface area contributed by atoms with Crippen LogP contribution in [0.3, 0.4) is 0 Å². The van der Waals surface area contributed by atoms with Gasteiger partial charge in [0.05, 0.1) is 13.5 Å². The molecule has 0 spiro atoms. The summed E-state index contributed by atoms with van der Waals surface area (Å²) < 4.78 is 5.42. The number of benzene rings is 2. The van der Waals surface area contributed by atoms with Crippen LogP contribution in [-0.2, 0) is 17.8 Å². The van der Waals surface area contributed by atoms with E-state index in [-0.39, 0.29) is 5.91 Å². The van der Waals surface area contributed by atoms with Gasteiger partial charge >= 0.3 is 0 Å². The van der Waals surface area contributed by atoms with Gasteiger partial charge in [0.2, 0.25) is 5.91 Å². The van der Waals surface area contributed by atoms with Crippen molar-refractivity contribution in [1.29, 1.82) is 0 Å². The van der Waals surface area contributed by atoms with Crippen LogP contribution in [0.25, 0.3) is 0 Å². The van der Waals surface area contributed by atoms with Crippen molar-refractivity contribution in [2.45, 2.75) is 31.7 Å². The van der Waals surface area contributed by atoms with Gasteiger partial charge in [-0.25, -0.2) is 0 Å². The van der Waals surface area contributed by atoms with E-state index in [0.717, 1.165) is 27.3 Å². The average Bonchev–Trinajstić information content (AvgIpc) is 2.57. The largest absolute Gasteiger partial charge is 0.496 e. The summed E-state index contributed by atoms with van der Waals surface area (Å²) in [5, 5.41) is 0. The first-order valence-electron chi connectivity index (χ1n) is 7.95. The second kappa shape index (κ2) is 8.25. The second-order valence-corrected chi connectivity index (χ2v) is 6.89. The third-order valence-electron chi connectivity index (χ3n) is 4.14. The molecule has 0 heterocycles. The number of aryl methyl sites for hydroxylation is 2. The summed E-state index contributed by atoms with van der Waals surface area (Å²) in [4.78, 5) is 15.4. The summed E-state index contributed by atoms with van der Waals surface area (Å²) in [7, 11) is 3.52. The van der Waals surface area contributed by atoms with Crippen molar-refractivity contribution in [2.75, 3.05) is 20.4 Å². The number of thioether (sulfide) groups is 1. The van der Waals surface area contributed by atoms with Crippen LogP contribution in [0.5, 0.6) is 5.75 Å². The van der Waals surface area contributed by atoms with Crippen LogP contribution in [-0.4, -0.2) is 31.2 Å². The number of hydrogen-bond donors (Lipinski definition) is 0. The van der Waals surface area contributed by atoms with Crippen LogP contribution in [0.4, 0.5) is 0 Å². The van der Waals surface area contributed by atoms with E-state index < -0.39 is 0 Å². The highest BCUT2D eigenvalue weighted by Crippen LogP contribution is 2.28. The number of carbonyl (C=O) groups is 1. The van der Waals surface area contributed by atoms with Crippen molar-refractivity contribution in [2.24, 2.45) is 0 Å². The number of carbonyl (C=O) groups excluding carboxylic acids is 1. The molecule has 0 bridgehead atoms. The lowest BCUT2D eigenvalue weighted by Gasteiger charge is -2.19. The molecular formula is C20H25NO2S. The van der Waals surface area contributed by atoms with Gasteiger partial charge in [-0.1, -0.05) is 29.8 Å². The summed E-state index contributed by atoms with van der Waals surface area (Å²) in [6.07, 6.45) is 2.46. The molecule has 0 atom stereocenters. The lowest BCUT2D eigenvalue weighted by Crippen LogP contribution is -2.28. The molecule has 0 N–H and O–H groups in total. The molecule has 0 unspecified atom stereocenters. The van der Waals surface area contributed by atoms with E-state index in [2.05, 4.69) is 31.2 Å². The molecule has 128 valence electrons. The van der Waals surface area contributed by atoms with E-state index in [9.17, 15) is 4.79 Å². The van der Waals surface area contributed by atoms with Crippen molar-refractivity contribution in [3.63, 3.8) is 0 Å². The van der Waals surface area contributed by atoms with Gasteiger partial charge in [-0.15, -0.1) is 11.8 Å². The van der Waals surface area contributed by atoms with Gasteiger partial charge in [0.25, 0.3) is 0 Å². The van der Waals surface area contributed by atoms with Gasteiger partial charge < -0.3 is 9.64 Å². The smallest absolute Gasteiger partial charge is 0.227 e. The summed E-state index contributed by atoms with van der Waals surface area (Å²) >= 11 is 1.65. The highest BCUT2D eigenvalue weighted by atomic mass is 32.2.